The van der Waals surface area contributed by atoms with E-state index in [9.17, 15) is 13.2 Å². The van der Waals surface area contributed by atoms with Crippen molar-refractivity contribution < 1.29 is 17.9 Å². The molecule has 0 aliphatic rings. The Morgan fingerprint density at radius 3 is 2.47 bits per heavy atom. The van der Waals surface area contributed by atoms with E-state index in [0.29, 0.717) is 18.0 Å². The quantitative estimate of drug-likeness (QED) is 0.417. The van der Waals surface area contributed by atoms with Gasteiger partial charge in [0.15, 0.2) is 0 Å². The maximum atomic E-state index is 13.1. The molecule has 0 fully saturated rings. The van der Waals surface area contributed by atoms with Crippen molar-refractivity contribution in [2.75, 3.05) is 23.8 Å². The van der Waals surface area contributed by atoms with Crippen molar-refractivity contribution in [3.05, 3.63) is 96.3 Å². The van der Waals surface area contributed by atoms with E-state index in [2.05, 4.69) is 15.4 Å². The van der Waals surface area contributed by atoms with Crippen LogP contribution in [0, 0.1) is 0 Å². The van der Waals surface area contributed by atoms with E-state index in [0.717, 1.165) is 9.87 Å². The second-order valence-corrected chi connectivity index (χ2v) is 9.37. The van der Waals surface area contributed by atoms with Crippen LogP contribution in [0.1, 0.15) is 15.9 Å². The highest BCUT2D eigenvalue weighted by Gasteiger charge is 2.23. The van der Waals surface area contributed by atoms with Crippen LogP contribution in [0.15, 0.2) is 90.1 Å². The third-order valence-corrected chi connectivity index (χ3v) is 6.92. The number of nitrogens with one attached hydrogen (secondary N) is 1. The molecule has 4 rings (SSSR count). The first-order valence-corrected chi connectivity index (χ1v) is 11.8. The molecule has 0 saturated heterocycles. The molecule has 1 amide bonds. The lowest BCUT2D eigenvalue weighted by atomic mass is 10.2. The fourth-order valence-electron chi connectivity index (χ4n) is 3.26. The predicted molar refractivity (Wildman–Crippen MR) is 129 cm³/mol. The van der Waals surface area contributed by atoms with Gasteiger partial charge in [-0.2, -0.15) is 0 Å². The number of methoxy groups -OCH3 is 1. The van der Waals surface area contributed by atoms with Gasteiger partial charge in [0, 0.05) is 12.6 Å². The first-order chi connectivity index (χ1) is 16.4. The van der Waals surface area contributed by atoms with Gasteiger partial charge in [0.05, 0.1) is 24.2 Å². The molecular formula is C24H23N5O4S. The lowest BCUT2D eigenvalue weighted by Crippen LogP contribution is -2.26. The van der Waals surface area contributed by atoms with E-state index < -0.39 is 15.9 Å². The molecule has 0 bridgehead atoms. The number of amides is 1. The summed E-state index contributed by atoms with van der Waals surface area (Å²) in [4.78, 5) is 16.8. The monoisotopic (exact) mass is 477 g/mol. The summed E-state index contributed by atoms with van der Waals surface area (Å²) in [5, 5.41) is 6.87. The average Bonchev–Trinajstić information content (AvgIpc) is 3.30. The topological polar surface area (TPSA) is 106 Å². The van der Waals surface area contributed by atoms with Gasteiger partial charge in [0.25, 0.3) is 15.9 Å². The summed E-state index contributed by atoms with van der Waals surface area (Å²) in [6, 6.07) is 22.2. The molecule has 3 aromatic carbocycles. The van der Waals surface area contributed by atoms with Crippen LogP contribution in [0.5, 0.6) is 5.75 Å². The molecule has 9 nitrogen and oxygen atoms in total. The minimum Gasteiger partial charge on any atom is -0.497 e. The van der Waals surface area contributed by atoms with Gasteiger partial charge in [-0.05, 0) is 48.0 Å². The Morgan fingerprint density at radius 1 is 1.03 bits per heavy atom. The number of rotatable bonds is 8. The Labute approximate surface area is 197 Å². The van der Waals surface area contributed by atoms with Gasteiger partial charge >= 0.3 is 0 Å². The lowest BCUT2D eigenvalue weighted by molar-refractivity contribution is 0.102. The number of hydrogen-bond acceptors (Lipinski definition) is 6. The molecule has 10 heteroatoms. The molecule has 0 aliphatic carbocycles. The van der Waals surface area contributed by atoms with Gasteiger partial charge in [0.2, 0.25) is 5.95 Å². The molecule has 34 heavy (non-hydrogen) atoms. The van der Waals surface area contributed by atoms with Crippen LogP contribution in [0.4, 0.5) is 11.6 Å². The molecule has 1 N–H and O–H groups in total. The standard InChI is InChI=1S/C24H23N5O4S/c1-28(20-11-13-21(33-2)14-12-20)34(31,32)22-10-6-9-19(15-22)23(30)26-24-25-17-29(27-24)16-18-7-4-3-5-8-18/h3-15,17H,16H2,1-2H3,(H,26,27,30). The highest BCUT2D eigenvalue weighted by molar-refractivity contribution is 7.92. The Kier molecular flexibility index (Phi) is 6.60. The Bertz CT molecular complexity index is 1390. The first-order valence-electron chi connectivity index (χ1n) is 10.3. The summed E-state index contributed by atoms with van der Waals surface area (Å²) in [5.74, 6) is 0.235. The number of nitrogens with zero attached hydrogens (tertiary/aromatic N) is 4. The Hall–Kier alpha value is -4.18. The maximum Gasteiger partial charge on any atom is 0.264 e. The fraction of sp³-hybridized carbons (Fsp3) is 0.125. The second kappa shape index (κ2) is 9.75. The van der Waals surface area contributed by atoms with Crippen LogP contribution in [0.2, 0.25) is 0 Å². The minimum absolute atomic E-state index is 0.0129. The van der Waals surface area contributed by atoms with Gasteiger partial charge in [-0.25, -0.2) is 18.1 Å². The number of benzene rings is 3. The van der Waals surface area contributed by atoms with Gasteiger partial charge in [-0.15, -0.1) is 5.10 Å². The Morgan fingerprint density at radius 2 is 1.76 bits per heavy atom. The average molecular weight is 478 g/mol. The van der Waals surface area contributed by atoms with Gasteiger partial charge in [0.1, 0.15) is 12.1 Å². The van der Waals surface area contributed by atoms with Crippen LogP contribution >= 0.6 is 0 Å². The second-order valence-electron chi connectivity index (χ2n) is 7.40. The number of carbonyl (C=O) groups is 1. The van der Waals surface area contributed by atoms with Crippen molar-refractivity contribution in [1.82, 2.24) is 14.8 Å². The number of anilines is 2. The van der Waals surface area contributed by atoms with E-state index >= 15 is 0 Å². The van der Waals surface area contributed by atoms with E-state index in [1.165, 1.54) is 44.8 Å². The molecule has 0 spiro atoms. The van der Waals surface area contributed by atoms with Gasteiger partial charge in [-0.1, -0.05) is 36.4 Å². The first kappa shape index (κ1) is 23.0. The SMILES string of the molecule is COc1ccc(N(C)S(=O)(=O)c2cccc(C(=O)Nc3ncn(Cc4ccccc4)n3)c2)cc1. The molecule has 0 saturated carbocycles. The van der Waals surface area contributed by atoms with Crippen molar-refractivity contribution in [2.24, 2.45) is 0 Å². The van der Waals surface area contributed by atoms with Crippen molar-refractivity contribution >= 4 is 27.6 Å². The van der Waals surface area contributed by atoms with E-state index in [1.54, 1.807) is 28.9 Å². The number of aromatic nitrogens is 3. The molecule has 174 valence electrons. The summed E-state index contributed by atoms with van der Waals surface area (Å²) in [6.07, 6.45) is 1.52. The molecule has 0 aliphatic heterocycles. The summed E-state index contributed by atoms with van der Waals surface area (Å²) in [6.45, 7) is 0.509. The van der Waals surface area contributed by atoms with Crippen molar-refractivity contribution in [2.45, 2.75) is 11.4 Å². The lowest BCUT2D eigenvalue weighted by Gasteiger charge is -2.20. The van der Waals surface area contributed by atoms with Crippen LogP contribution in [0.25, 0.3) is 0 Å². The fourth-order valence-corrected chi connectivity index (χ4v) is 4.50. The zero-order chi connectivity index (χ0) is 24.1. The predicted octanol–water partition coefficient (Wildman–Crippen LogP) is 3.41. The van der Waals surface area contributed by atoms with E-state index in [-0.39, 0.29) is 16.4 Å². The maximum absolute atomic E-state index is 13.1. The summed E-state index contributed by atoms with van der Waals surface area (Å²) < 4.78 is 34.1. The van der Waals surface area contributed by atoms with Crippen molar-refractivity contribution in [3.8, 4) is 5.75 Å². The molecular weight excluding hydrogens is 454 g/mol. The largest absolute Gasteiger partial charge is 0.497 e. The van der Waals surface area contributed by atoms with Gasteiger partial charge in [-0.3, -0.25) is 14.4 Å². The zero-order valence-corrected chi connectivity index (χ0v) is 19.4. The molecule has 0 radical (unpaired) electrons. The summed E-state index contributed by atoms with van der Waals surface area (Å²) >= 11 is 0. The normalized spacial score (nSPS) is 11.1. The highest BCUT2D eigenvalue weighted by Crippen LogP contribution is 2.25. The number of hydrogen-bond donors (Lipinski definition) is 1. The molecule has 1 aromatic heterocycles. The zero-order valence-electron chi connectivity index (χ0n) is 18.6. The highest BCUT2D eigenvalue weighted by atomic mass is 32.2. The van der Waals surface area contributed by atoms with Crippen molar-refractivity contribution in [1.29, 1.82) is 0 Å². The van der Waals surface area contributed by atoms with E-state index in [1.807, 2.05) is 30.3 Å². The van der Waals surface area contributed by atoms with Crippen LogP contribution in [-0.2, 0) is 16.6 Å². The smallest absolute Gasteiger partial charge is 0.264 e. The molecule has 0 unspecified atom stereocenters. The molecule has 1 heterocycles. The molecule has 0 atom stereocenters. The number of carbonyl (C=O) groups excluding carboxylic acids is 1. The third-order valence-electron chi connectivity index (χ3n) is 5.14. The van der Waals surface area contributed by atoms with Crippen LogP contribution in [0.3, 0.4) is 0 Å². The van der Waals surface area contributed by atoms with E-state index in [4.69, 9.17) is 4.74 Å². The minimum atomic E-state index is -3.89. The number of ether oxygens (including phenoxy) is 1. The van der Waals surface area contributed by atoms with Crippen molar-refractivity contribution in [3.63, 3.8) is 0 Å². The Balaban J connectivity index is 1.48. The molecule has 4 aromatic rings. The summed E-state index contributed by atoms with van der Waals surface area (Å²) in [5.41, 5.74) is 1.68. The third kappa shape index (κ3) is 5.07. The van der Waals surface area contributed by atoms with Gasteiger partial charge < -0.3 is 4.74 Å². The van der Waals surface area contributed by atoms with Crippen LogP contribution in [-0.4, -0.2) is 43.2 Å². The number of sulfonamides is 1. The summed E-state index contributed by atoms with van der Waals surface area (Å²) in [7, 11) is -0.905. The van der Waals surface area contributed by atoms with Crippen LogP contribution < -0.4 is 14.4 Å².